The van der Waals surface area contributed by atoms with Gasteiger partial charge in [0.05, 0.1) is 6.61 Å². The number of carbonyl (C=O) groups is 2. The van der Waals surface area contributed by atoms with Crippen molar-refractivity contribution < 1.29 is 24.2 Å². The molecule has 0 saturated heterocycles. The molecule has 0 heterocycles. The molecule has 0 fully saturated rings. The van der Waals surface area contributed by atoms with Crippen LogP contribution < -0.4 is 0 Å². The van der Waals surface area contributed by atoms with Gasteiger partial charge < -0.3 is 14.6 Å². The summed E-state index contributed by atoms with van der Waals surface area (Å²) in [6.07, 6.45) is 119. The van der Waals surface area contributed by atoms with Gasteiger partial charge in [0.25, 0.3) is 0 Å². The number of aliphatic hydroxyl groups is 1. The zero-order valence-electron chi connectivity index (χ0n) is 61.3. The monoisotopic (exact) mass is 1280 g/mol. The normalized spacial score (nSPS) is 12.8. The predicted molar refractivity (Wildman–Crippen MR) is 408 cm³/mol. The first-order valence-electron chi connectivity index (χ1n) is 40.4. The maximum atomic E-state index is 12.4. The highest BCUT2D eigenvalue weighted by Crippen LogP contribution is 2.19. The highest BCUT2D eigenvalue weighted by atomic mass is 16.6. The molecule has 0 bridgehead atoms. The van der Waals surface area contributed by atoms with Gasteiger partial charge in [-0.25, -0.2) is 0 Å². The van der Waals surface area contributed by atoms with E-state index >= 15 is 0 Å². The van der Waals surface area contributed by atoms with E-state index in [0.29, 0.717) is 12.8 Å². The van der Waals surface area contributed by atoms with E-state index in [2.05, 4.69) is 123 Å². The van der Waals surface area contributed by atoms with E-state index in [1.165, 1.54) is 295 Å². The quantitative estimate of drug-likeness (QED) is 0.0373. The van der Waals surface area contributed by atoms with Crippen LogP contribution in [0.4, 0.5) is 0 Å². The molecule has 0 aromatic rings. The van der Waals surface area contributed by atoms with Gasteiger partial charge in [-0.1, -0.05) is 406 Å². The summed E-state index contributed by atoms with van der Waals surface area (Å²) in [5.74, 6) is -0.574. The van der Waals surface area contributed by atoms with E-state index < -0.39 is 6.10 Å². The van der Waals surface area contributed by atoms with Crippen LogP contribution in [0.15, 0.2) is 109 Å². The number of aliphatic hydroxyl groups excluding tert-OH is 1. The van der Waals surface area contributed by atoms with E-state index in [1.54, 1.807) is 0 Å². The summed E-state index contributed by atoms with van der Waals surface area (Å²) in [7, 11) is 0. The molecule has 0 spiro atoms. The summed E-state index contributed by atoms with van der Waals surface area (Å²) in [4.78, 5) is 24.7. The number of carbonyl (C=O) groups excluding carboxylic acids is 2. The summed E-state index contributed by atoms with van der Waals surface area (Å²) in [5.41, 5.74) is 0. The van der Waals surface area contributed by atoms with Crippen molar-refractivity contribution >= 4 is 11.9 Å². The molecule has 0 rings (SSSR count). The van der Waals surface area contributed by atoms with Crippen LogP contribution in [0.1, 0.15) is 412 Å². The first kappa shape index (κ1) is 88.6. The zero-order valence-corrected chi connectivity index (χ0v) is 61.3. The lowest BCUT2D eigenvalue weighted by molar-refractivity contribution is -0.161. The Morgan fingerprint density at radius 2 is 0.467 bits per heavy atom. The van der Waals surface area contributed by atoms with Crippen LogP contribution in [-0.2, 0) is 19.1 Å². The van der Waals surface area contributed by atoms with Crippen molar-refractivity contribution in [3.8, 4) is 0 Å². The molecule has 0 amide bonds. The van der Waals surface area contributed by atoms with Gasteiger partial charge in [0.1, 0.15) is 6.61 Å². The smallest absolute Gasteiger partial charge is 0.306 e. The van der Waals surface area contributed by atoms with E-state index in [1.807, 2.05) is 0 Å². The van der Waals surface area contributed by atoms with Crippen molar-refractivity contribution in [3.63, 3.8) is 0 Å². The van der Waals surface area contributed by atoms with E-state index in [0.717, 1.165) is 89.9 Å². The third-order valence-electron chi connectivity index (χ3n) is 18.1. The Bertz CT molecular complexity index is 1740. The summed E-state index contributed by atoms with van der Waals surface area (Å²) in [5, 5.41) is 9.73. The van der Waals surface area contributed by atoms with Gasteiger partial charge in [-0.3, -0.25) is 9.59 Å². The minimum atomic E-state index is -0.777. The van der Waals surface area contributed by atoms with Gasteiger partial charge in [-0.2, -0.15) is 0 Å². The predicted octanol–water partition coefficient (Wildman–Crippen LogP) is 28.7. The van der Waals surface area contributed by atoms with Crippen molar-refractivity contribution in [2.24, 2.45) is 0 Å². The van der Waals surface area contributed by atoms with Gasteiger partial charge in [-0.05, 0) is 103 Å². The maximum Gasteiger partial charge on any atom is 0.306 e. The molecule has 0 aromatic heterocycles. The number of allylic oxidation sites excluding steroid dienone is 18. The first-order chi connectivity index (χ1) is 45.6. The number of hydrogen-bond acceptors (Lipinski definition) is 5. The molecule has 0 radical (unpaired) electrons. The Morgan fingerprint density at radius 3 is 0.707 bits per heavy atom. The number of unbranched alkanes of at least 4 members (excludes halogenated alkanes) is 49. The maximum absolute atomic E-state index is 12.4. The molecular formula is C87H154O5. The molecule has 1 unspecified atom stereocenters. The fraction of sp³-hybridized carbons (Fsp3) is 0.770. The lowest BCUT2D eigenvalue weighted by Crippen LogP contribution is -2.28. The van der Waals surface area contributed by atoms with Crippen molar-refractivity contribution in [2.75, 3.05) is 13.2 Å². The molecular weight excluding hydrogens is 1120 g/mol. The summed E-state index contributed by atoms with van der Waals surface area (Å²) < 4.78 is 10.8. The van der Waals surface area contributed by atoms with Gasteiger partial charge in [0, 0.05) is 12.8 Å². The third-order valence-corrected chi connectivity index (χ3v) is 18.1. The molecule has 0 saturated carbocycles. The lowest BCUT2D eigenvalue weighted by atomic mass is 10.0. The van der Waals surface area contributed by atoms with Crippen molar-refractivity contribution in [3.05, 3.63) is 109 Å². The lowest BCUT2D eigenvalue weighted by Gasteiger charge is -2.15. The van der Waals surface area contributed by atoms with Gasteiger partial charge in [0.15, 0.2) is 6.10 Å². The molecule has 92 heavy (non-hydrogen) atoms. The van der Waals surface area contributed by atoms with Crippen LogP contribution in [0, 0.1) is 0 Å². The van der Waals surface area contributed by atoms with E-state index in [9.17, 15) is 14.7 Å². The second-order valence-electron chi connectivity index (χ2n) is 27.1. The van der Waals surface area contributed by atoms with Crippen molar-refractivity contribution in [1.29, 1.82) is 0 Å². The highest BCUT2D eigenvalue weighted by molar-refractivity contribution is 5.70. The van der Waals surface area contributed by atoms with Crippen LogP contribution in [0.5, 0.6) is 0 Å². The number of esters is 2. The Balaban J connectivity index is 3.41. The van der Waals surface area contributed by atoms with Crippen LogP contribution in [0.25, 0.3) is 0 Å². The molecule has 0 aliphatic rings. The molecule has 0 aromatic carbocycles. The second kappa shape index (κ2) is 81.8. The Hall–Kier alpha value is -3.44. The van der Waals surface area contributed by atoms with Gasteiger partial charge in [0.2, 0.25) is 0 Å². The fourth-order valence-electron chi connectivity index (χ4n) is 12.0. The molecule has 0 aliphatic heterocycles. The van der Waals surface area contributed by atoms with Crippen LogP contribution in [-0.4, -0.2) is 36.4 Å². The van der Waals surface area contributed by atoms with Crippen molar-refractivity contribution in [1.82, 2.24) is 0 Å². The topological polar surface area (TPSA) is 72.8 Å². The fourth-order valence-corrected chi connectivity index (χ4v) is 12.0. The first-order valence-corrected chi connectivity index (χ1v) is 40.4. The molecule has 532 valence electrons. The molecule has 5 heteroatoms. The van der Waals surface area contributed by atoms with Crippen LogP contribution in [0.2, 0.25) is 0 Å². The minimum Gasteiger partial charge on any atom is -0.462 e. The van der Waals surface area contributed by atoms with Gasteiger partial charge in [-0.15, -0.1) is 0 Å². The standard InChI is InChI=1S/C87H154O5/c1-3-5-7-9-11-13-15-17-19-21-23-25-27-29-31-33-35-37-39-41-42-43-44-46-47-49-51-53-55-57-59-61-63-65-67-69-71-73-75-77-79-81-86(89)91-84-85(83-88)92-87(90)82-80-78-76-74-72-70-68-66-64-62-60-58-56-54-52-50-48-45-40-38-36-34-32-30-28-26-24-22-20-18-16-14-12-10-8-6-4-2/h6,8,12,14-15,17-18,20-21,23-24,26,30,32,36,38,45,48,85,88H,3-5,7,9-11,13,16,19,22,25,27-29,31,33-35,37,39-44,46-47,49-84H2,1-2H3/b8-6-,14-12-,17-15-,20-18-,23-21-,26-24-,32-30-,38-36-,48-45-. The van der Waals surface area contributed by atoms with Crippen molar-refractivity contribution in [2.45, 2.75) is 418 Å². The SMILES string of the molecule is CC/C=C\C/C=C\C/C=C\C/C=C\C/C=C\C/C=C\C/C=C\CCCCCCCCCCCCCCCCCC(=O)OC(CO)COC(=O)CCCCCCCCCCCCCCCCCCCCCCCCCCCCCCC/C=C\C/C=C\CCCCCCC. The number of hydrogen-bond donors (Lipinski definition) is 1. The van der Waals surface area contributed by atoms with E-state index in [-0.39, 0.29) is 25.2 Å². The van der Waals surface area contributed by atoms with Crippen LogP contribution >= 0.6 is 0 Å². The Morgan fingerprint density at radius 1 is 0.261 bits per heavy atom. The molecule has 0 aliphatic carbocycles. The largest absolute Gasteiger partial charge is 0.462 e. The Labute approximate surface area is 573 Å². The zero-order chi connectivity index (χ0) is 66.1. The minimum absolute atomic E-state index is 0.0644. The third kappa shape index (κ3) is 79.0. The van der Waals surface area contributed by atoms with Crippen LogP contribution in [0.3, 0.4) is 0 Å². The van der Waals surface area contributed by atoms with Gasteiger partial charge >= 0.3 is 11.9 Å². The number of rotatable bonds is 75. The average Bonchev–Trinajstić information content (AvgIpc) is 3.70. The molecule has 1 N–H and O–H groups in total. The second-order valence-corrected chi connectivity index (χ2v) is 27.1. The molecule has 5 nitrogen and oxygen atoms in total. The molecule has 1 atom stereocenters. The number of ether oxygens (including phenoxy) is 2. The summed E-state index contributed by atoms with van der Waals surface area (Å²) >= 11 is 0. The van der Waals surface area contributed by atoms with E-state index in [4.69, 9.17) is 9.47 Å². The average molecular weight is 1280 g/mol. The summed E-state index contributed by atoms with van der Waals surface area (Å²) in [6, 6.07) is 0. The highest BCUT2D eigenvalue weighted by Gasteiger charge is 2.16. The summed E-state index contributed by atoms with van der Waals surface area (Å²) in [6.45, 7) is 4.06. The Kier molecular flexibility index (Phi) is 78.7.